The molecule has 0 fully saturated rings. The van der Waals surface area contributed by atoms with Crippen LogP contribution in [0.15, 0.2) is 18.2 Å². The number of carbonyl (C=O) groups excluding carboxylic acids is 1. The molecule has 1 aromatic rings. The van der Waals surface area contributed by atoms with Gasteiger partial charge in [-0.15, -0.1) is 0 Å². The molecule has 0 radical (unpaired) electrons. The fourth-order valence-electron chi connectivity index (χ4n) is 1.96. The van der Waals surface area contributed by atoms with Crippen molar-refractivity contribution in [2.24, 2.45) is 0 Å². The first kappa shape index (κ1) is 15.3. The predicted molar refractivity (Wildman–Crippen MR) is 78.3 cm³/mol. The molecule has 1 atom stereocenters. The number of hydrogen-bond donors (Lipinski definition) is 1. The predicted octanol–water partition coefficient (Wildman–Crippen LogP) is 2.47. The summed E-state index contributed by atoms with van der Waals surface area (Å²) in [5.41, 5.74) is 7.68. The Balaban J connectivity index is 2.76. The molecule has 0 aliphatic carbocycles. The molecule has 2 N–H and O–H groups in total. The van der Waals surface area contributed by atoms with Crippen LogP contribution in [0.4, 0.5) is 5.69 Å². The van der Waals surface area contributed by atoms with Gasteiger partial charge in [-0.25, -0.2) is 0 Å². The fraction of sp³-hybridized carbons (Fsp3) is 0.533. The van der Waals surface area contributed by atoms with Crippen LogP contribution in [0.1, 0.15) is 33.3 Å². The zero-order valence-corrected chi connectivity index (χ0v) is 12.3. The Kier molecular flexibility index (Phi) is 5.67. The summed E-state index contributed by atoms with van der Waals surface area (Å²) in [4.78, 5) is 13.9. The largest absolute Gasteiger partial charge is 0.479 e. The van der Waals surface area contributed by atoms with E-state index in [1.54, 1.807) is 11.8 Å². The molecule has 0 aliphatic heterocycles. The van der Waals surface area contributed by atoms with Gasteiger partial charge in [0.15, 0.2) is 6.10 Å². The maximum atomic E-state index is 12.1. The number of aryl methyl sites for hydroxylation is 1. The van der Waals surface area contributed by atoms with Gasteiger partial charge in [-0.3, -0.25) is 4.79 Å². The number of benzene rings is 1. The minimum Gasteiger partial charge on any atom is -0.479 e. The number of likely N-dealkylation sites (N-methyl/N-ethyl adjacent to an activating group) is 1. The van der Waals surface area contributed by atoms with Crippen molar-refractivity contribution in [3.05, 3.63) is 23.8 Å². The number of anilines is 1. The number of carbonyl (C=O) groups is 1. The zero-order chi connectivity index (χ0) is 14.4. The monoisotopic (exact) mass is 264 g/mol. The van der Waals surface area contributed by atoms with Crippen LogP contribution in [-0.2, 0) is 11.2 Å². The van der Waals surface area contributed by atoms with Crippen LogP contribution in [0.5, 0.6) is 5.75 Å². The first-order valence-electron chi connectivity index (χ1n) is 6.87. The summed E-state index contributed by atoms with van der Waals surface area (Å²) in [7, 11) is 0. The molecule has 1 amide bonds. The van der Waals surface area contributed by atoms with Crippen molar-refractivity contribution in [3.63, 3.8) is 0 Å². The molecule has 4 heteroatoms. The number of nitrogens with zero attached hydrogens (tertiary/aromatic N) is 1. The third-order valence-corrected chi connectivity index (χ3v) is 3.21. The molecule has 1 aromatic carbocycles. The maximum Gasteiger partial charge on any atom is 0.263 e. The molecule has 0 spiro atoms. The van der Waals surface area contributed by atoms with Crippen LogP contribution < -0.4 is 10.5 Å². The summed E-state index contributed by atoms with van der Waals surface area (Å²) in [6, 6.07) is 5.70. The molecule has 1 unspecified atom stereocenters. The average Bonchev–Trinajstić information content (AvgIpc) is 2.42. The lowest BCUT2D eigenvalue weighted by Crippen LogP contribution is -2.40. The lowest BCUT2D eigenvalue weighted by molar-refractivity contribution is -0.137. The van der Waals surface area contributed by atoms with E-state index in [4.69, 9.17) is 10.5 Å². The Labute approximate surface area is 115 Å². The molecule has 19 heavy (non-hydrogen) atoms. The van der Waals surface area contributed by atoms with Crippen molar-refractivity contribution in [2.75, 3.05) is 18.8 Å². The van der Waals surface area contributed by atoms with Gasteiger partial charge in [0, 0.05) is 13.1 Å². The van der Waals surface area contributed by atoms with Crippen molar-refractivity contribution >= 4 is 11.6 Å². The second kappa shape index (κ2) is 7.02. The number of nitrogen functional groups attached to an aromatic ring is 1. The number of nitrogens with two attached hydrogens (primary N) is 1. The van der Waals surface area contributed by atoms with E-state index < -0.39 is 6.10 Å². The number of amides is 1. The lowest BCUT2D eigenvalue weighted by atomic mass is 10.1. The van der Waals surface area contributed by atoms with E-state index in [2.05, 4.69) is 6.92 Å². The number of rotatable bonds is 6. The molecule has 4 nitrogen and oxygen atoms in total. The second-order valence-electron chi connectivity index (χ2n) is 4.50. The fourth-order valence-corrected chi connectivity index (χ4v) is 1.96. The molecule has 106 valence electrons. The summed E-state index contributed by atoms with van der Waals surface area (Å²) in [6.45, 7) is 9.12. The van der Waals surface area contributed by atoms with E-state index >= 15 is 0 Å². The molecule has 0 heterocycles. The Morgan fingerprint density at radius 3 is 2.42 bits per heavy atom. The normalized spacial score (nSPS) is 12.0. The van der Waals surface area contributed by atoms with Crippen molar-refractivity contribution in [1.82, 2.24) is 4.90 Å². The molecule has 0 saturated carbocycles. The summed E-state index contributed by atoms with van der Waals surface area (Å²) in [5.74, 6) is 0.564. The SMILES string of the molecule is CCc1ccc(OC(C)C(=O)N(CC)CC)c(N)c1. The van der Waals surface area contributed by atoms with Gasteiger partial charge in [0.05, 0.1) is 5.69 Å². The van der Waals surface area contributed by atoms with Crippen LogP contribution in [0.3, 0.4) is 0 Å². The smallest absolute Gasteiger partial charge is 0.263 e. The third-order valence-electron chi connectivity index (χ3n) is 3.21. The molecule has 0 aliphatic rings. The molecular formula is C15H24N2O2. The number of hydrogen-bond acceptors (Lipinski definition) is 3. The highest BCUT2D eigenvalue weighted by molar-refractivity contribution is 5.81. The minimum absolute atomic E-state index is 0.0102. The van der Waals surface area contributed by atoms with E-state index in [-0.39, 0.29) is 5.91 Å². The lowest BCUT2D eigenvalue weighted by Gasteiger charge is -2.23. The summed E-state index contributed by atoms with van der Waals surface area (Å²) in [5, 5.41) is 0. The van der Waals surface area contributed by atoms with Gasteiger partial charge in [0.25, 0.3) is 5.91 Å². The van der Waals surface area contributed by atoms with Gasteiger partial charge >= 0.3 is 0 Å². The molecule has 1 rings (SSSR count). The first-order chi connectivity index (χ1) is 9.03. The second-order valence-corrected chi connectivity index (χ2v) is 4.50. The summed E-state index contributed by atoms with van der Waals surface area (Å²) in [6.07, 6.45) is 0.410. The Morgan fingerprint density at radius 1 is 1.32 bits per heavy atom. The standard InChI is InChI=1S/C15H24N2O2/c1-5-12-8-9-14(13(16)10-12)19-11(4)15(18)17(6-2)7-3/h8-11H,5-7,16H2,1-4H3. The van der Waals surface area contributed by atoms with Crippen molar-refractivity contribution in [3.8, 4) is 5.75 Å². The highest BCUT2D eigenvalue weighted by Crippen LogP contribution is 2.24. The third kappa shape index (κ3) is 3.88. The average molecular weight is 264 g/mol. The van der Waals surface area contributed by atoms with E-state index in [9.17, 15) is 4.79 Å². The topological polar surface area (TPSA) is 55.6 Å². The van der Waals surface area contributed by atoms with Crippen LogP contribution in [-0.4, -0.2) is 30.0 Å². The molecule has 0 saturated heterocycles. The Morgan fingerprint density at radius 2 is 1.95 bits per heavy atom. The highest BCUT2D eigenvalue weighted by atomic mass is 16.5. The molecule has 0 bridgehead atoms. The highest BCUT2D eigenvalue weighted by Gasteiger charge is 2.20. The molecule has 0 aromatic heterocycles. The first-order valence-corrected chi connectivity index (χ1v) is 6.87. The Hall–Kier alpha value is -1.71. The van der Waals surface area contributed by atoms with Crippen molar-refractivity contribution in [2.45, 2.75) is 40.2 Å². The minimum atomic E-state index is -0.519. The summed E-state index contributed by atoms with van der Waals surface area (Å²) >= 11 is 0. The van der Waals surface area contributed by atoms with Gasteiger partial charge in [0.1, 0.15) is 5.75 Å². The maximum absolute atomic E-state index is 12.1. The van der Waals surface area contributed by atoms with E-state index in [1.165, 1.54) is 0 Å². The van der Waals surface area contributed by atoms with Crippen LogP contribution >= 0.6 is 0 Å². The zero-order valence-electron chi connectivity index (χ0n) is 12.3. The quantitative estimate of drug-likeness (QED) is 0.803. The van der Waals surface area contributed by atoms with E-state index in [0.29, 0.717) is 24.5 Å². The van der Waals surface area contributed by atoms with E-state index in [0.717, 1.165) is 12.0 Å². The van der Waals surface area contributed by atoms with Gasteiger partial charge < -0.3 is 15.4 Å². The summed E-state index contributed by atoms with van der Waals surface area (Å²) < 4.78 is 5.67. The van der Waals surface area contributed by atoms with Gasteiger partial charge in [0.2, 0.25) is 0 Å². The van der Waals surface area contributed by atoms with E-state index in [1.807, 2.05) is 32.0 Å². The van der Waals surface area contributed by atoms with Crippen LogP contribution in [0, 0.1) is 0 Å². The number of ether oxygens (including phenoxy) is 1. The van der Waals surface area contributed by atoms with Crippen LogP contribution in [0.25, 0.3) is 0 Å². The van der Waals surface area contributed by atoms with Gasteiger partial charge in [-0.2, -0.15) is 0 Å². The molecular weight excluding hydrogens is 240 g/mol. The van der Waals surface area contributed by atoms with Crippen LogP contribution in [0.2, 0.25) is 0 Å². The Bertz CT molecular complexity index is 428. The van der Waals surface area contributed by atoms with Gasteiger partial charge in [-0.1, -0.05) is 13.0 Å². The van der Waals surface area contributed by atoms with Crippen molar-refractivity contribution < 1.29 is 9.53 Å². The van der Waals surface area contributed by atoms with Gasteiger partial charge in [-0.05, 0) is 44.9 Å². The van der Waals surface area contributed by atoms with Crippen molar-refractivity contribution in [1.29, 1.82) is 0 Å².